The lowest BCUT2D eigenvalue weighted by Crippen LogP contribution is -2.40. The van der Waals surface area contributed by atoms with E-state index in [1.807, 2.05) is 35.5 Å². The zero-order valence-electron chi connectivity index (χ0n) is 17.5. The quantitative estimate of drug-likeness (QED) is 0.472. The average Bonchev–Trinajstić information content (AvgIpc) is 3.40. The molecule has 158 valence electrons. The summed E-state index contributed by atoms with van der Waals surface area (Å²) >= 11 is 0. The van der Waals surface area contributed by atoms with Crippen LogP contribution in [0.3, 0.4) is 0 Å². The SMILES string of the molecule is CCC(CC)n1cc(-c2nc(/C(C=N)=C/NC3CC(CO)C3)cn3nccc23)cn1. The molecule has 0 aromatic carbocycles. The summed E-state index contributed by atoms with van der Waals surface area (Å²) in [5.74, 6) is 0.385. The Morgan fingerprint density at radius 3 is 2.80 bits per heavy atom. The van der Waals surface area contributed by atoms with Crippen molar-refractivity contribution >= 4 is 17.3 Å². The van der Waals surface area contributed by atoms with Crippen molar-refractivity contribution < 1.29 is 5.11 Å². The molecule has 0 bridgehead atoms. The smallest absolute Gasteiger partial charge is 0.0999 e. The Morgan fingerprint density at radius 1 is 1.30 bits per heavy atom. The zero-order chi connectivity index (χ0) is 21.1. The fourth-order valence-corrected chi connectivity index (χ4v) is 4.02. The first-order valence-electron chi connectivity index (χ1n) is 10.6. The fraction of sp³-hybridized carbons (Fsp3) is 0.455. The van der Waals surface area contributed by atoms with Gasteiger partial charge < -0.3 is 15.8 Å². The van der Waals surface area contributed by atoms with Crippen molar-refractivity contribution in [3.63, 3.8) is 0 Å². The molecule has 1 aliphatic rings. The van der Waals surface area contributed by atoms with Crippen LogP contribution in [-0.2, 0) is 0 Å². The normalized spacial score (nSPS) is 19.3. The van der Waals surface area contributed by atoms with E-state index in [1.165, 1.54) is 6.21 Å². The molecule has 3 heterocycles. The van der Waals surface area contributed by atoms with Crippen molar-refractivity contribution in [2.24, 2.45) is 5.92 Å². The van der Waals surface area contributed by atoms with Crippen molar-refractivity contribution in [1.82, 2.24) is 29.7 Å². The van der Waals surface area contributed by atoms with Crippen LogP contribution in [0.5, 0.6) is 0 Å². The van der Waals surface area contributed by atoms with Crippen LogP contribution in [0.15, 0.2) is 37.1 Å². The maximum Gasteiger partial charge on any atom is 0.0999 e. The lowest BCUT2D eigenvalue weighted by atomic mass is 9.81. The summed E-state index contributed by atoms with van der Waals surface area (Å²) in [7, 11) is 0. The van der Waals surface area contributed by atoms with E-state index in [9.17, 15) is 5.11 Å². The number of allylic oxidation sites excluding steroid dienone is 1. The summed E-state index contributed by atoms with van der Waals surface area (Å²) in [6.45, 7) is 4.58. The highest BCUT2D eigenvalue weighted by molar-refractivity contribution is 6.07. The third-order valence-corrected chi connectivity index (χ3v) is 6.00. The van der Waals surface area contributed by atoms with Crippen LogP contribution in [0.1, 0.15) is 51.3 Å². The van der Waals surface area contributed by atoms with E-state index in [0.29, 0.717) is 29.3 Å². The third kappa shape index (κ3) is 3.87. The fourth-order valence-electron chi connectivity index (χ4n) is 4.02. The van der Waals surface area contributed by atoms with E-state index >= 15 is 0 Å². The lowest BCUT2D eigenvalue weighted by Gasteiger charge is -2.34. The number of nitrogens with one attached hydrogen (secondary N) is 2. The molecule has 3 aromatic rings. The molecule has 0 saturated heterocycles. The van der Waals surface area contributed by atoms with Crippen molar-refractivity contribution in [1.29, 1.82) is 5.41 Å². The minimum absolute atomic E-state index is 0.241. The minimum atomic E-state index is 0.241. The minimum Gasteiger partial charge on any atom is -0.396 e. The molecule has 4 rings (SSSR count). The second kappa shape index (κ2) is 8.79. The lowest BCUT2D eigenvalue weighted by molar-refractivity contribution is 0.134. The average molecular weight is 408 g/mol. The molecular formula is C22H29N7O. The molecule has 1 saturated carbocycles. The van der Waals surface area contributed by atoms with Crippen molar-refractivity contribution in [3.05, 3.63) is 42.7 Å². The molecule has 0 aliphatic heterocycles. The second-order valence-corrected chi connectivity index (χ2v) is 7.94. The van der Waals surface area contributed by atoms with Gasteiger partial charge in [0.2, 0.25) is 0 Å². The number of aliphatic hydroxyl groups excluding tert-OH is 1. The van der Waals surface area contributed by atoms with Gasteiger partial charge in [-0.1, -0.05) is 13.8 Å². The van der Waals surface area contributed by atoms with Crippen LogP contribution in [0.2, 0.25) is 0 Å². The predicted octanol–water partition coefficient (Wildman–Crippen LogP) is 3.30. The van der Waals surface area contributed by atoms with E-state index in [0.717, 1.165) is 42.5 Å². The Kier molecular flexibility index (Phi) is 5.94. The molecule has 1 fully saturated rings. The van der Waals surface area contributed by atoms with E-state index < -0.39 is 0 Å². The number of aromatic nitrogens is 5. The maximum absolute atomic E-state index is 9.19. The first-order chi connectivity index (χ1) is 14.7. The van der Waals surface area contributed by atoms with Crippen LogP contribution in [-0.4, -0.2) is 48.3 Å². The van der Waals surface area contributed by atoms with Gasteiger partial charge >= 0.3 is 0 Å². The van der Waals surface area contributed by atoms with Gasteiger partial charge in [-0.2, -0.15) is 10.2 Å². The molecule has 1 aliphatic carbocycles. The number of fused-ring (bicyclic) bond motifs is 1. The second-order valence-electron chi connectivity index (χ2n) is 7.94. The maximum atomic E-state index is 9.19. The Hall–Kier alpha value is -3.00. The number of hydrogen-bond donors (Lipinski definition) is 3. The highest BCUT2D eigenvalue weighted by atomic mass is 16.3. The Balaban J connectivity index is 1.66. The highest BCUT2D eigenvalue weighted by Gasteiger charge is 2.27. The van der Waals surface area contributed by atoms with E-state index in [4.69, 9.17) is 10.4 Å². The molecule has 3 aromatic heterocycles. The molecule has 0 radical (unpaired) electrons. The summed E-state index contributed by atoms with van der Waals surface area (Å²) in [4.78, 5) is 4.88. The molecule has 0 amide bonds. The van der Waals surface area contributed by atoms with Gasteiger partial charge in [0.05, 0.1) is 41.5 Å². The standard InChI is InChI=1S/C22H29N7O/c1-3-19(4-2)28-12-17(11-26-28)22-21-5-6-25-29(21)13-20(27-22)16(9-23)10-24-18-7-15(8-18)14-30/h5-6,9-13,15,18-19,23-24,30H,3-4,7-8,14H2,1-2H3/b16-10+,23-9?. The molecule has 3 N–H and O–H groups in total. The van der Waals surface area contributed by atoms with Gasteiger partial charge in [0.15, 0.2) is 0 Å². The van der Waals surface area contributed by atoms with Crippen LogP contribution in [0.25, 0.3) is 22.3 Å². The molecule has 0 unspecified atom stereocenters. The third-order valence-electron chi connectivity index (χ3n) is 6.00. The van der Waals surface area contributed by atoms with Gasteiger partial charge in [-0.05, 0) is 37.7 Å². The predicted molar refractivity (Wildman–Crippen MR) is 117 cm³/mol. The van der Waals surface area contributed by atoms with Gasteiger partial charge in [-0.3, -0.25) is 4.68 Å². The summed E-state index contributed by atoms with van der Waals surface area (Å²) in [6, 6.07) is 2.65. The zero-order valence-corrected chi connectivity index (χ0v) is 17.5. The number of rotatable bonds is 9. The molecule has 8 nitrogen and oxygen atoms in total. The first kappa shape index (κ1) is 20.3. The van der Waals surface area contributed by atoms with Crippen LogP contribution in [0, 0.1) is 11.3 Å². The van der Waals surface area contributed by atoms with Gasteiger partial charge in [0, 0.05) is 42.4 Å². The Bertz CT molecular complexity index is 1040. The highest BCUT2D eigenvalue weighted by Crippen LogP contribution is 2.28. The van der Waals surface area contributed by atoms with E-state index in [1.54, 1.807) is 10.7 Å². The monoisotopic (exact) mass is 407 g/mol. The van der Waals surface area contributed by atoms with Crippen molar-refractivity contribution in [3.8, 4) is 11.3 Å². The van der Waals surface area contributed by atoms with Crippen molar-refractivity contribution in [2.75, 3.05) is 6.61 Å². The number of aliphatic hydroxyl groups is 1. The van der Waals surface area contributed by atoms with Crippen LogP contribution >= 0.6 is 0 Å². The van der Waals surface area contributed by atoms with Crippen LogP contribution < -0.4 is 5.32 Å². The van der Waals surface area contributed by atoms with Gasteiger partial charge in [0.25, 0.3) is 0 Å². The van der Waals surface area contributed by atoms with Gasteiger partial charge in [-0.25, -0.2) is 9.50 Å². The Morgan fingerprint density at radius 2 is 2.10 bits per heavy atom. The van der Waals surface area contributed by atoms with E-state index in [2.05, 4.69) is 29.4 Å². The molecular weight excluding hydrogens is 378 g/mol. The van der Waals surface area contributed by atoms with Gasteiger partial charge in [-0.15, -0.1) is 0 Å². The van der Waals surface area contributed by atoms with Crippen molar-refractivity contribution in [2.45, 2.75) is 51.6 Å². The number of hydrogen-bond acceptors (Lipinski definition) is 6. The first-order valence-corrected chi connectivity index (χ1v) is 10.6. The summed E-state index contributed by atoms with van der Waals surface area (Å²) in [5.41, 5.74) is 4.02. The molecule has 8 heteroatoms. The van der Waals surface area contributed by atoms with E-state index in [-0.39, 0.29) is 6.61 Å². The number of nitrogens with zero attached hydrogens (tertiary/aromatic N) is 5. The topological polar surface area (TPSA) is 104 Å². The summed E-state index contributed by atoms with van der Waals surface area (Å²) in [5, 5.41) is 29.4. The summed E-state index contributed by atoms with van der Waals surface area (Å²) < 4.78 is 3.81. The van der Waals surface area contributed by atoms with Crippen LogP contribution in [0.4, 0.5) is 0 Å². The largest absolute Gasteiger partial charge is 0.396 e. The van der Waals surface area contributed by atoms with Gasteiger partial charge in [0.1, 0.15) is 0 Å². The Labute approximate surface area is 176 Å². The summed E-state index contributed by atoms with van der Waals surface area (Å²) in [6.07, 6.45) is 14.6. The molecule has 0 atom stereocenters. The molecule has 30 heavy (non-hydrogen) atoms. The molecule has 0 spiro atoms.